The molecule has 2 nitrogen and oxygen atoms in total. The Hall–Kier alpha value is -1.71. The smallest absolute Gasteiger partial charge is 0.0975 e. The van der Waals surface area contributed by atoms with Crippen molar-refractivity contribution in [2.75, 3.05) is 18.1 Å². The fraction of sp³-hybridized carbons (Fsp3) is 0.316. The highest BCUT2D eigenvalue weighted by Gasteiger charge is 2.44. The first-order valence-electron chi connectivity index (χ1n) is 7.75. The lowest BCUT2D eigenvalue weighted by Crippen LogP contribution is -2.35. The molecule has 3 heteroatoms. The number of hydrogen-bond acceptors (Lipinski definition) is 2. The first kappa shape index (κ1) is 15.2. The molecule has 0 saturated carbocycles. The van der Waals surface area contributed by atoms with Crippen LogP contribution in [-0.2, 0) is 10.2 Å². The van der Waals surface area contributed by atoms with Crippen LogP contribution in [0.15, 0.2) is 54.6 Å². The van der Waals surface area contributed by atoms with Gasteiger partial charge in [-0.25, -0.2) is 0 Å². The number of hydrogen-bond donors (Lipinski definition) is 0. The Labute approximate surface area is 137 Å². The zero-order valence-electron chi connectivity index (χ0n) is 13.1. The van der Waals surface area contributed by atoms with Crippen LogP contribution in [0.4, 0.5) is 11.4 Å². The first-order chi connectivity index (χ1) is 10.7. The Morgan fingerprint density at radius 3 is 2.45 bits per heavy atom. The normalized spacial score (nSPS) is 20.3. The summed E-state index contributed by atoms with van der Waals surface area (Å²) in [6, 6.07) is 18.9. The fourth-order valence-corrected chi connectivity index (χ4v) is 3.52. The molecule has 2 aromatic rings. The third-order valence-electron chi connectivity index (χ3n) is 4.38. The van der Waals surface area contributed by atoms with Crippen molar-refractivity contribution in [1.82, 2.24) is 0 Å². The standard InChI is InChI=1S/C19H21NOS/c1-3-21-14-13-19(2)16-11-7-8-12-17(16)20(18(19)22)15-9-5-4-6-10-15/h4-12H,3,13-14H2,1-2H3. The van der Waals surface area contributed by atoms with E-state index in [2.05, 4.69) is 60.4 Å². The van der Waals surface area contributed by atoms with E-state index in [0.717, 1.165) is 30.3 Å². The van der Waals surface area contributed by atoms with Gasteiger partial charge in [-0.1, -0.05) is 48.6 Å². The molecule has 22 heavy (non-hydrogen) atoms. The predicted molar refractivity (Wildman–Crippen MR) is 96.1 cm³/mol. The van der Waals surface area contributed by atoms with Gasteiger partial charge in [0.1, 0.15) is 0 Å². The quantitative estimate of drug-likeness (QED) is 0.578. The molecule has 0 bridgehead atoms. The Kier molecular flexibility index (Phi) is 4.27. The van der Waals surface area contributed by atoms with Gasteiger partial charge in [-0.15, -0.1) is 0 Å². The summed E-state index contributed by atoms with van der Waals surface area (Å²) in [5.74, 6) is 0. The van der Waals surface area contributed by atoms with Gasteiger partial charge in [-0.05, 0) is 44.0 Å². The Morgan fingerprint density at radius 1 is 1.05 bits per heavy atom. The van der Waals surface area contributed by atoms with Crippen LogP contribution in [-0.4, -0.2) is 18.2 Å². The van der Waals surface area contributed by atoms with Crippen LogP contribution in [0.1, 0.15) is 25.8 Å². The van der Waals surface area contributed by atoms with E-state index < -0.39 is 0 Å². The highest BCUT2D eigenvalue weighted by Crippen LogP contribution is 2.47. The number of benzene rings is 2. The average molecular weight is 311 g/mol. The number of ether oxygens (including phenoxy) is 1. The van der Waals surface area contributed by atoms with E-state index in [-0.39, 0.29) is 5.41 Å². The van der Waals surface area contributed by atoms with Gasteiger partial charge in [0.25, 0.3) is 0 Å². The molecule has 0 N–H and O–H groups in total. The fourth-order valence-electron chi connectivity index (χ4n) is 3.10. The summed E-state index contributed by atoms with van der Waals surface area (Å²) in [5.41, 5.74) is 3.46. The van der Waals surface area contributed by atoms with Crippen molar-refractivity contribution in [1.29, 1.82) is 0 Å². The molecular weight excluding hydrogens is 290 g/mol. The van der Waals surface area contributed by atoms with Crippen molar-refractivity contribution in [3.8, 4) is 0 Å². The highest BCUT2D eigenvalue weighted by atomic mass is 32.1. The van der Waals surface area contributed by atoms with Crippen LogP contribution in [0.3, 0.4) is 0 Å². The van der Waals surface area contributed by atoms with E-state index in [1.54, 1.807) is 0 Å². The van der Waals surface area contributed by atoms with Crippen molar-refractivity contribution in [2.24, 2.45) is 0 Å². The second-order valence-corrected chi connectivity index (χ2v) is 6.16. The van der Waals surface area contributed by atoms with Crippen LogP contribution < -0.4 is 4.90 Å². The highest BCUT2D eigenvalue weighted by molar-refractivity contribution is 7.80. The molecule has 1 unspecified atom stereocenters. The molecule has 3 rings (SSSR count). The van der Waals surface area contributed by atoms with Gasteiger partial charge < -0.3 is 9.64 Å². The third-order valence-corrected chi connectivity index (χ3v) is 5.01. The van der Waals surface area contributed by atoms with Crippen molar-refractivity contribution in [2.45, 2.75) is 25.7 Å². The predicted octanol–water partition coefficient (Wildman–Crippen LogP) is 4.85. The summed E-state index contributed by atoms with van der Waals surface area (Å²) < 4.78 is 5.59. The maximum Gasteiger partial charge on any atom is 0.0975 e. The average Bonchev–Trinajstić information content (AvgIpc) is 2.77. The SMILES string of the molecule is CCOCCC1(C)C(=S)N(c2ccccc2)c2ccccc21. The summed E-state index contributed by atoms with van der Waals surface area (Å²) in [6.45, 7) is 5.73. The molecule has 0 saturated heterocycles. The molecule has 1 atom stereocenters. The topological polar surface area (TPSA) is 12.5 Å². The van der Waals surface area contributed by atoms with Crippen molar-refractivity contribution in [3.63, 3.8) is 0 Å². The number of fused-ring (bicyclic) bond motifs is 1. The molecule has 0 radical (unpaired) electrons. The van der Waals surface area contributed by atoms with Crippen molar-refractivity contribution >= 4 is 28.6 Å². The number of rotatable bonds is 5. The molecule has 2 aromatic carbocycles. The third kappa shape index (κ3) is 2.44. The minimum atomic E-state index is -0.156. The lowest BCUT2D eigenvalue weighted by Gasteiger charge is -2.27. The van der Waals surface area contributed by atoms with Gasteiger partial charge in [0.15, 0.2) is 0 Å². The van der Waals surface area contributed by atoms with Crippen LogP contribution in [0.5, 0.6) is 0 Å². The molecule has 0 aromatic heterocycles. The van der Waals surface area contributed by atoms with Gasteiger partial charge in [0.05, 0.1) is 10.7 Å². The second kappa shape index (κ2) is 6.19. The minimum Gasteiger partial charge on any atom is -0.382 e. The molecule has 0 spiro atoms. The van der Waals surface area contributed by atoms with E-state index in [1.165, 1.54) is 11.3 Å². The van der Waals surface area contributed by atoms with E-state index in [1.807, 2.05) is 13.0 Å². The van der Waals surface area contributed by atoms with Gasteiger partial charge in [-0.2, -0.15) is 0 Å². The van der Waals surface area contributed by atoms with Gasteiger partial charge in [-0.3, -0.25) is 0 Å². The molecule has 1 heterocycles. The summed E-state index contributed by atoms with van der Waals surface area (Å²) >= 11 is 5.88. The molecular formula is C19H21NOS. The van der Waals surface area contributed by atoms with E-state index in [0.29, 0.717) is 0 Å². The summed E-state index contributed by atoms with van der Waals surface area (Å²) in [5, 5.41) is 0. The van der Waals surface area contributed by atoms with Crippen molar-refractivity contribution < 1.29 is 4.74 Å². The Balaban J connectivity index is 2.03. The summed E-state index contributed by atoms with van der Waals surface area (Å²) in [4.78, 5) is 3.16. The maximum absolute atomic E-state index is 5.88. The molecule has 1 aliphatic heterocycles. The van der Waals surface area contributed by atoms with Crippen molar-refractivity contribution in [3.05, 3.63) is 60.2 Å². The van der Waals surface area contributed by atoms with Crippen LogP contribution in [0, 0.1) is 0 Å². The van der Waals surface area contributed by atoms with Gasteiger partial charge >= 0.3 is 0 Å². The number of anilines is 2. The monoisotopic (exact) mass is 311 g/mol. The summed E-state index contributed by atoms with van der Waals surface area (Å²) in [6.07, 6.45) is 0.903. The zero-order chi connectivity index (χ0) is 15.6. The molecule has 1 aliphatic rings. The van der Waals surface area contributed by atoms with Crippen LogP contribution >= 0.6 is 12.2 Å². The molecule has 114 valence electrons. The minimum absolute atomic E-state index is 0.156. The molecule has 0 aliphatic carbocycles. The van der Waals surface area contributed by atoms with E-state index in [9.17, 15) is 0 Å². The first-order valence-corrected chi connectivity index (χ1v) is 8.16. The Bertz CT molecular complexity index is 670. The van der Waals surface area contributed by atoms with Gasteiger partial charge in [0.2, 0.25) is 0 Å². The number of thiocarbonyl (C=S) groups is 1. The summed E-state index contributed by atoms with van der Waals surface area (Å²) in [7, 11) is 0. The Morgan fingerprint density at radius 2 is 1.73 bits per heavy atom. The lowest BCUT2D eigenvalue weighted by molar-refractivity contribution is 0.136. The van der Waals surface area contributed by atoms with Gasteiger partial charge in [0, 0.05) is 24.3 Å². The molecule has 0 amide bonds. The zero-order valence-corrected chi connectivity index (χ0v) is 13.9. The molecule has 0 fully saturated rings. The van der Waals surface area contributed by atoms with E-state index >= 15 is 0 Å². The number of para-hydroxylation sites is 2. The van der Waals surface area contributed by atoms with Crippen LogP contribution in [0.2, 0.25) is 0 Å². The number of nitrogens with zero attached hydrogens (tertiary/aromatic N) is 1. The lowest BCUT2D eigenvalue weighted by atomic mass is 9.81. The van der Waals surface area contributed by atoms with Crippen LogP contribution in [0.25, 0.3) is 0 Å². The largest absolute Gasteiger partial charge is 0.382 e. The van der Waals surface area contributed by atoms with E-state index in [4.69, 9.17) is 17.0 Å². The maximum atomic E-state index is 5.88. The second-order valence-electron chi connectivity index (χ2n) is 5.77.